The molecule has 72 valence electrons. The standard InChI is InChI=1S/C12H9N3/c1-2-6-10(7-3-1)12-11-8-4-5-9-15(11)14-13-12/h1-9H. The summed E-state index contributed by atoms with van der Waals surface area (Å²) in [6.07, 6.45) is 1.90. The molecule has 0 radical (unpaired) electrons. The lowest BCUT2D eigenvalue weighted by molar-refractivity contribution is 0.857. The minimum Gasteiger partial charge on any atom is -0.220 e. The van der Waals surface area contributed by atoms with Gasteiger partial charge in [0.05, 0.1) is 5.52 Å². The topological polar surface area (TPSA) is 30.2 Å². The van der Waals surface area contributed by atoms with Gasteiger partial charge in [0.2, 0.25) is 0 Å². The molecule has 2 aromatic heterocycles. The molecule has 3 rings (SSSR count). The maximum Gasteiger partial charge on any atom is 0.120 e. The van der Waals surface area contributed by atoms with Crippen LogP contribution in [0.5, 0.6) is 0 Å². The quantitative estimate of drug-likeness (QED) is 0.596. The van der Waals surface area contributed by atoms with Crippen LogP contribution in [0.2, 0.25) is 0 Å². The molecular weight excluding hydrogens is 186 g/mol. The fourth-order valence-electron chi connectivity index (χ4n) is 1.65. The van der Waals surface area contributed by atoms with Crippen LogP contribution in [0.15, 0.2) is 54.7 Å². The third-order valence-electron chi connectivity index (χ3n) is 2.37. The van der Waals surface area contributed by atoms with Crippen LogP contribution in [0, 0.1) is 0 Å². The Morgan fingerprint density at radius 1 is 0.867 bits per heavy atom. The molecule has 0 aliphatic carbocycles. The maximum atomic E-state index is 4.18. The average molecular weight is 195 g/mol. The van der Waals surface area contributed by atoms with Crippen molar-refractivity contribution in [3.63, 3.8) is 0 Å². The van der Waals surface area contributed by atoms with Gasteiger partial charge in [-0.3, -0.25) is 0 Å². The molecule has 0 N–H and O–H groups in total. The first kappa shape index (κ1) is 8.17. The predicted molar refractivity (Wildman–Crippen MR) is 58.4 cm³/mol. The van der Waals surface area contributed by atoms with Crippen molar-refractivity contribution < 1.29 is 0 Å². The van der Waals surface area contributed by atoms with Crippen LogP contribution in [0.25, 0.3) is 16.8 Å². The monoisotopic (exact) mass is 195 g/mol. The molecule has 3 aromatic rings. The van der Waals surface area contributed by atoms with Crippen LogP contribution in [0.4, 0.5) is 0 Å². The van der Waals surface area contributed by atoms with Gasteiger partial charge in [0.15, 0.2) is 0 Å². The summed E-state index contributed by atoms with van der Waals surface area (Å²) < 4.78 is 1.78. The Labute approximate surface area is 87.0 Å². The molecule has 0 unspecified atom stereocenters. The van der Waals surface area contributed by atoms with Gasteiger partial charge in [0, 0.05) is 11.8 Å². The molecule has 0 aliphatic rings. The average Bonchev–Trinajstić information content (AvgIpc) is 2.74. The smallest absolute Gasteiger partial charge is 0.120 e. The molecule has 1 aromatic carbocycles. The van der Waals surface area contributed by atoms with Crippen molar-refractivity contribution in [1.29, 1.82) is 0 Å². The van der Waals surface area contributed by atoms with Gasteiger partial charge in [0.25, 0.3) is 0 Å². The Morgan fingerprint density at radius 3 is 2.53 bits per heavy atom. The summed E-state index contributed by atoms with van der Waals surface area (Å²) in [6, 6.07) is 16.0. The SMILES string of the molecule is c1ccc(-c2nnn3ccccc23)cc1. The van der Waals surface area contributed by atoms with E-state index in [-0.39, 0.29) is 0 Å². The highest BCUT2D eigenvalue weighted by molar-refractivity contribution is 5.75. The summed E-state index contributed by atoms with van der Waals surface area (Å²) >= 11 is 0. The van der Waals surface area contributed by atoms with Crippen LogP contribution in [0.3, 0.4) is 0 Å². The van der Waals surface area contributed by atoms with Crippen molar-refractivity contribution in [1.82, 2.24) is 14.8 Å². The predicted octanol–water partition coefficient (Wildman–Crippen LogP) is 2.40. The molecule has 0 fully saturated rings. The molecule has 3 heteroatoms. The van der Waals surface area contributed by atoms with E-state index in [0.29, 0.717) is 0 Å². The van der Waals surface area contributed by atoms with E-state index in [4.69, 9.17) is 0 Å². The van der Waals surface area contributed by atoms with Crippen LogP contribution in [-0.2, 0) is 0 Å². The highest BCUT2D eigenvalue weighted by Crippen LogP contribution is 2.20. The molecule has 0 saturated carbocycles. The van der Waals surface area contributed by atoms with E-state index in [1.54, 1.807) is 4.52 Å². The number of fused-ring (bicyclic) bond motifs is 1. The Bertz CT molecular complexity index is 584. The number of benzene rings is 1. The summed E-state index contributed by atoms with van der Waals surface area (Å²) in [4.78, 5) is 0. The summed E-state index contributed by atoms with van der Waals surface area (Å²) in [5.74, 6) is 0. The van der Waals surface area contributed by atoms with E-state index < -0.39 is 0 Å². The van der Waals surface area contributed by atoms with Crippen LogP contribution < -0.4 is 0 Å². The molecule has 0 spiro atoms. The van der Waals surface area contributed by atoms with E-state index in [9.17, 15) is 0 Å². The minimum absolute atomic E-state index is 0.927. The first-order chi connectivity index (χ1) is 7.45. The third-order valence-corrected chi connectivity index (χ3v) is 2.37. The van der Waals surface area contributed by atoms with Crippen LogP contribution in [0.1, 0.15) is 0 Å². The molecule has 0 saturated heterocycles. The molecule has 0 aliphatic heterocycles. The van der Waals surface area contributed by atoms with Gasteiger partial charge in [0.1, 0.15) is 5.69 Å². The van der Waals surface area contributed by atoms with Gasteiger partial charge in [-0.25, -0.2) is 4.52 Å². The van der Waals surface area contributed by atoms with Crippen molar-refractivity contribution in [2.45, 2.75) is 0 Å². The number of hydrogen-bond donors (Lipinski definition) is 0. The first-order valence-electron chi connectivity index (χ1n) is 4.80. The van der Waals surface area contributed by atoms with E-state index in [1.807, 2.05) is 54.7 Å². The summed E-state index contributed by atoms with van der Waals surface area (Å²) in [5.41, 5.74) is 3.05. The summed E-state index contributed by atoms with van der Waals surface area (Å²) in [5, 5.41) is 8.24. The Morgan fingerprint density at radius 2 is 1.67 bits per heavy atom. The van der Waals surface area contributed by atoms with Crippen LogP contribution in [-0.4, -0.2) is 14.8 Å². The number of pyridine rings is 1. The number of hydrogen-bond acceptors (Lipinski definition) is 2. The largest absolute Gasteiger partial charge is 0.220 e. The number of rotatable bonds is 1. The molecular formula is C12H9N3. The van der Waals surface area contributed by atoms with Gasteiger partial charge >= 0.3 is 0 Å². The third kappa shape index (κ3) is 1.29. The number of aromatic nitrogens is 3. The highest BCUT2D eigenvalue weighted by atomic mass is 15.4. The van der Waals surface area contributed by atoms with Crippen molar-refractivity contribution in [3.05, 3.63) is 54.7 Å². The van der Waals surface area contributed by atoms with Gasteiger partial charge < -0.3 is 0 Å². The molecule has 2 heterocycles. The van der Waals surface area contributed by atoms with Gasteiger partial charge in [-0.1, -0.05) is 41.6 Å². The lowest BCUT2D eigenvalue weighted by Crippen LogP contribution is -1.83. The van der Waals surface area contributed by atoms with E-state index in [0.717, 1.165) is 16.8 Å². The zero-order valence-electron chi connectivity index (χ0n) is 8.04. The van der Waals surface area contributed by atoms with E-state index in [2.05, 4.69) is 10.3 Å². The minimum atomic E-state index is 0.927. The molecule has 0 atom stereocenters. The Kier molecular flexibility index (Phi) is 1.75. The Hall–Kier alpha value is -2.16. The van der Waals surface area contributed by atoms with Gasteiger partial charge in [-0.2, -0.15) is 0 Å². The second-order valence-electron chi connectivity index (χ2n) is 3.33. The first-order valence-corrected chi connectivity index (χ1v) is 4.80. The summed E-state index contributed by atoms with van der Waals surface area (Å²) in [7, 11) is 0. The van der Waals surface area contributed by atoms with Crippen LogP contribution >= 0.6 is 0 Å². The fourth-order valence-corrected chi connectivity index (χ4v) is 1.65. The maximum absolute atomic E-state index is 4.18. The van der Waals surface area contributed by atoms with Gasteiger partial charge in [-0.05, 0) is 12.1 Å². The van der Waals surface area contributed by atoms with Crippen molar-refractivity contribution >= 4 is 5.52 Å². The zero-order valence-corrected chi connectivity index (χ0v) is 8.04. The molecule has 0 amide bonds. The summed E-state index contributed by atoms with van der Waals surface area (Å²) in [6.45, 7) is 0. The van der Waals surface area contributed by atoms with E-state index >= 15 is 0 Å². The molecule has 0 bridgehead atoms. The fraction of sp³-hybridized carbons (Fsp3) is 0. The van der Waals surface area contributed by atoms with E-state index in [1.165, 1.54) is 0 Å². The van der Waals surface area contributed by atoms with Crippen molar-refractivity contribution in [3.8, 4) is 11.3 Å². The second kappa shape index (κ2) is 3.20. The second-order valence-corrected chi connectivity index (χ2v) is 3.33. The molecule has 15 heavy (non-hydrogen) atoms. The lowest BCUT2D eigenvalue weighted by atomic mass is 10.1. The lowest BCUT2D eigenvalue weighted by Gasteiger charge is -1.95. The van der Waals surface area contributed by atoms with Crippen molar-refractivity contribution in [2.75, 3.05) is 0 Å². The Balaban J connectivity index is 2.28. The number of nitrogens with zero attached hydrogens (tertiary/aromatic N) is 3. The van der Waals surface area contributed by atoms with Crippen molar-refractivity contribution in [2.24, 2.45) is 0 Å². The highest BCUT2D eigenvalue weighted by Gasteiger charge is 2.06. The zero-order chi connectivity index (χ0) is 10.1. The normalized spacial score (nSPS) is 10.7. The molecule has 3 nitrogen and oxygen atoms in total. The van der Waals surface area contributed by atoms with Gasteiger partial charge in [-0.15, -0.1) is 5.10 Å².